The number of hydrogen-bond acceptors (Lipinski definition) is 4. The van der Waals surface area contributed by atoms with Crippen LogP contribution < -0.4 is 10.6 Å². The summed E-state index contributed by atoms with van der Waals surface area (Å²) in [6.07, 6.45) is 2.48. The zero-order valence-corrected chi connectivity index (χ0v) is 12.5. The van der Waals surface area contributed by atoms with Crippen LogP contribution in [0, 0.1) is 0 Å². The number of thiophene rings is 1. The average molecular weight is 289 g/mol. The normalized spacial score (nSPS) is 11.9. The van der Waals surface area contributed by atoms with Crippen molar-refractivity contribution in [1.82, 2.24) is 10.3 Å². The number of carbonyl (C=O) groups excluding carboxylic acids is 1. The van der Waals surface area contributed by atoms with Gasteiger partial charge in [-0.25, -0.2) is 4.98 Å². The minimum absolute atomic E-state index is 0.0657. The Bertz CT molecular complexity index is 537. The van der Waals surface area contributed by atoms with Crippen LogP contribution in [-0.4, -0.2) is 17.4 Å². The Morgan fingerprint density at radius 2 is 2.20 bits per heavy atom. The quantitative estimate of drug-likeness (QED) is 0.856. The molecule has 0 aromatic carbocycles. The van der Waals surface area contributed by atoms with Gasteiger partial charge < -0.3 is 10.6 Å². The van der Waals surface area contributed by atoms with Crippen LogP contribution in [0.2, 0.25) is 0 Å². The molecule has 1 atom stereocenters. The molecule has 0 aliphatic rings. The number of amides is 1. The molecule has 0 aliphatic carbocycles. The fourth-order valence-corrected chi connectivity index (χ4v) is 2.78. The van der Waals surface area contributed by atoms with Crippen LogP contribution in [0.3, 0.4) is 0 Å². The summed E-state index contributed by atoms with van der Waals surface area (Å²) in [7, 11) is 0. The minimum Gasteiger partial charge on any atom is -0.370 e. The first-order valence-electron chi connectivity index (χ1n) is 6.78. The van der Waals surface area contributed by atoms with Crippen LogP contribution in [0.1, 0.15) is 41.5 Å². The van der Waals surface area contributed by atoms with Crippen LogP contribution in [0.15, 0.2) is 35.8 Å². The molecule has 1 unspecified atom stereocenters. The summed E-state index contributed by atoms with van der Waals surface area (Å²) in [5.41, 5.74) is 0.585. The van der Waals surface area contributed by atoms with Crippen molar-refractivity contribution in [2.24, 2.45) is 0 Å². The maximum Gasteiger partial charge on any atom is 0.253 e. The van der Waals surface area contributed by atoms with E-state index in [1.165, 1.54) is 4.88 Å². The molecule has 106 valence electrons. The van der Waals surface area contributed by atoms with Crippen molar-refractivity contribution in [3.05, 3.63) is 46.3 Å². The highest BCUT2D eigenvalue weighted by Gasteiger charge is 2.15. The zero-order chi connectivity index (χ0) is 14.4. The van der Waals surface area contributed by atoms with Gasteiger partial charge in [-0.05, 0) is 36.9 Å². The number of nitrogens with one attached hydrogen (secondary N) is 2. The summed E-state index contributed by atoms with van der Waals surface area (Å²) in [4.78, 5) is 17.6. The minimum atomic E-state index is -0.0826. The van der Waals surface area contributed by atoms with Gasteiger partial charge in [-0.2, -0.15) is 0 Å². The van der Waals surface area contributed by atoms with Gasteiger partial charge >= 0.3 is 0 Å². The smallest absolute Gasteiger partial charge is 0.253 e. The molecule has 2 aromatic heterocycles. The first-order chi connectivity index (χ1) is 9.74. The van der Waals surface area contributed by atoms with Gasteiger partial charge in [0.25, 0.3) is 5.91 Å². The maximum absolute atomic E-state index is 12.2. The monoisotopic (exact) mass is 289 g/mol. The van der Waals surface area contributed by atoms with Gasteiger partial charge in [0.2, 0.25) is 0 Å². The molecule has 0 spiro atoms. The van der Waals surface area contributed by atoms with E-state index in [1.807, 2.05) is 30.5 Å². The summed E-state index contributed by atoms with van der Waals surface area (Å²) >= 11 is 1.66. The molecule has 2 aromatic rings. The van der Waals surface area contributed by atoms with Gasteiger partial charge in [-0.15, -0.1) is 11.3 Å². The second kappa shape index (κ2) is 7.05. The molecule has 0 saturated carbocycles. The number of rotatable bonds is 6. The van der Waals surface area contributed by atoms with Gasteiger partial charge in [-0.3, -0.25) is 4.79 Å². The number of hydrogen-bond donors (Lipinski definition) is 2. The third-order valence-electron chi connectivity index (χ3n) is 2.98. The van der Waals surface area contributed by atoms with E-state index >= 15 is 0 Å². The number of nitrogens with zero attached hydrogens (tertiary/aromatic N) is 1. The van der Waals surface area contributed by atoms with E-state index < -0.39 is 0 Å². The number of pyridine rings is 1. The summed E-state index contributed by atoms with van der Waals surface area (Å²) < 4.78 is 0. The highest BCUT2D eigenvalue weighted by molar-refractivity contribution is 7.10. The number of aromatic nitrogens is 1. The summed E-state index contributed by atoms with van der Waals surface area (Å²) in [5.74, 6) is 0.704. The molecule has 4 nitrogen and oxygen atoms in total. The molecule has 5 heteroatoms. The van der Waals surface area contributed by atoms with Gasteiger partial charge in [-0.1, -0.05) is 13.0 Å². The van der Waals surface area contributed by atoms with E-state index in [4.69, 9.17) is 0 Å². The van der Waals surface area contributed by atoms with Crippen LogP contribution in [0.5, 0.6) is 0 Å². The molecule has 0 radical (unpaired) electrons. The Morgan fingerprint density at radius 1 is 1.35 bits per heavy atom. The van der Waals surface area contributed by atoms with Crippen molar-refractivity contribution in [2.75, 3.05) is 11.9 Å². The van der Waals surface area contributed by atoms with Gasteiger partial charge in [0.05, 0.1) is 11.6 Å². The second-order valence-corrected chi connectivity index (χ2v) is 5.39. The maximum atomic E-state index is 12.2. The molecule has 0 bridgehead atoms. The van der Waals surface area contributed by atoms with Crippen LogP contribution in [0.25, 0.3) is 0 Å². The SMILES string of the molecule is CCNc1ccc(C(=O)NC(CC)c2cccs2)cn1. The van der Waals surface area contributed by atoms with Crippen molar-refractivity contribution < 1.29 is 4.79 Å². The van der Waals surface area contributed by atoms with E-state index in [1.54, 1.807) is 23.6 Å². The standard InChI is InChI=1S/C15H19N3OS/c1-3-12(13-6-5-9-20-13)18-15(19)11-7-8-14(16-4-2)17-10-11/h5-10,12H,3-4H2,1-2H3,(H,16,17)(H,18,19). The van der Waals surface area contributed by atoms with Crippen molar-refractivity contribution in [2.45, 2.75) is 26.3 Å². The van der Waals surface area contributed by atoms with Gasteiger partial charge in [0.1, 0.15) is 5.82 Å². The summed E-state index contributed by atoms with van der Waals surface area (Å²) in [6, 6.07) is 7.73. The Balaban J connectivity index is 2.03. The van der Waals surface area contributed by atoms with Crippen molar-refractivity contribution >= 4 is 23.1 Å². The highest BCUT2D eigenvalue weighted by atomic mass is 32.1. The Morgan fingerprint density at radius 3 is 2.75 bits per heavy atom. The lowest BCUT2D eigenvalue weighted by atomic mass is 10.1. The molecule has 2 rings (SSSR count). The van der Waals surface area contributed by atoms with E-state index in [0.717, 1.165) is 18.8 Å². The van der Waals surface area contributed by atoms with Crippen molar-refractivity contribution in [3.8, 4) is 0 Å². The molecule has 0 saturated heterocycles. The van der Waals surface area contributed by atoms with Gasteiger partial charge in [0, 0.05) is 17.6 Å². The zero-order valence-electron chi connectivity index (χ0n) is 11.7. The molecule has 2 N–H and O–H groups in total. The predicted octanol–water partition coefficient (Wildman–Crippen LogP) is 3.46. The van der Waals surface area contributed by atoms with E-state index in [0.29, 0.717) is 5.56 Å². The lowest BCUT2D eigenvalue weighted by molar-refractivity contribution is 0.0936. The Labute approximate surface area is 123 Å². The van der Waals surface area contributed by atoms with Crippen molar-refractivity contribution in [1.29, 1.82) is 0 Å². The molecular formula is C15H19N3OS. The highest BCUT2D eigenvalue weighted by Crippen LogP contribution is 2.22. The van der Waals surface area contributed by atoms with E-state index in [2.05, 4.69) is 22.5 Å². The largest absolute Gasteiger partial charge is 0.370 e. The van der Waals surface area contributed by atoms with Crippen LogP contribution >= 0.6 is 11.3 Å². The predicted molar refractivity (Wildman–Crippen MR) is 83.2 cm³/mol. The number of anilines is 1. The first-order valence-corrected chi connectivity index (χ1v) is 7.66. The van der Waals surface area contributed by atoms with Crippen LogP contribution in [-0.2, 0) is 0 Å². The Hall–Kier alpha value is -1.88. The second-order valence-electron chi connectivity index (χ2n) is 4.41. The fourth-order valence-electron chi connectivity index (χ4n) is 1.92. The summed E-state index contributed by atoms with van der Waals surface area (Å²) in [6.45, 7) is 4.89. The first kappa shape index (κ1) is 14.5. The molecule has 0 fully saturated rings. The molecular weight excluding hydrogens is 270 g/mol. The third-order valence-corrected chi connectivity index (χ3v) is 3.97. The lowest BCUT2D eigenvalue weighted by Gasteiger charge is -2.15. The third kappa shape index (κ3) is 3.57. The van der Waals surface area contributed by atoms with Crippen LogP contribution in [0.4, 0.5) is 5.82 Å². The lowest BCUT2D eigenvalue weighted by Crippen LogP contribution is -2.27. The Kier molecular flexibility index (Phi) is 5.12. The van der Waals surface area contributed by atoms with E-state index in [-0.39, 0.29) is 11.9 Å². The van der Waals surface area contributed by atoms with Crippen molar-refractivity contribution in [3.63, 3.8) is 0 Å². The van der Waals surface area contributed by atoms with Gasteiger partial charge in [0.15, 0.2) is 0 Å². The molecule has 1 amide bonds. The molecule has 20 heavy (non-hydrogen) atoms. The number of carbonyl (C=O) groups is 1. The summed E-state index contributed by atoms with van der Waals surface area (Å²) in [5, 5.41) is 8.18. The average Bonchev–Trinajstić information content (AvgIpc) is 2.99. The fraction of sp³-hybridized carbons (Fsp3) is 0.333. The van der Waals surface area contributed by atoms with E-state index in [9.17, 15) is 4.79 Å². The topological polar surface area (TPSA) is 54.0 Å². The molecule has 2 heterocycles. The molecule has 0 aliphatic heterocycles.